The molecule has 0 aliphatic heterocycles. The Balaban J connectivity index is 2.56. The van der Waals surface area contributed by atoms with Crippen molar-refractivity contribution < 1.29 is 9.59 Å². The van der Waals surface area contributed by atoms with E-state index in [9.17, 15) is 9.59 Å². The predicted molar refractivity (Wildman–Crippen MR) is 100 cm³/mol. The van der Waals surface area contributed by atoms with E-state index in [2.05, 4.69) is 50.9 Å². The highest BCUT2D eigenvalue weighted by Gasteiger charge is 2.38. The van der Waals surface area contributed by atoms with E-state index in [0.717, 1.165) is 17.5 Å². The summed E-state index contributed by atoms with van der Waals surface area (Å²) in [7, 11) is 0. The minimum Gasteiger partial charge on any atom is -0.286 e. The van der Waals surface area contributed by atoms with Gasteiger partial charge in [-0.3, -0.25) is 9.59 Å². The van der Waals surface area contributed by atoms with Gasteiger partial charge in [0.1, 0.15) is 5.92 Å². The Kier molecular flexibility index (Phi) is 6.72. The van der Waals surface area contributed by atoms with Crippen LogP contribution >= 0.6 is 31.9 Å². The lowest BCUT2D eigenvalue weighted by Crippen LogP contribution is -2.28. The van der Waals surface area contributed by atoms with E-state index in [4.69, 9.17) is 0 Å². The fraction of sp³-hybridized carbons (Fsp3) is 0.263. The van der Waals surface area contributed by atoms with Crippen LogP contribution in [0.3, 0.4) is 0 Å². The Morgan fingerprint density at radius 3 is 1.65 bits per heavy atom. The zero-order chi connectivity index (χ0) is 16.8. The average Bonchev–Trinajstić information content (AvgIpc) is 2.55. The molecule has 0 spiro atoms. The fourth-order valence-corrected chi connectivity index (χ4v) is 4.39. The van der Waals surface area contributed by atoms with E-state index in [0.29, 0.717) is 0 Å². The molecule has 0 N–H and O–H groups in total. The molecule has 4 heteroatoms. The van der Waals surface area contributed by atoms with E-state index in [-0.39, 0.29) is 21.2 Å². The Bertz CT molecular complexity index is 642. The maximum atomic E-state index is 12.1. The summed E-state index contributed by atoms with van der Waals surface area (Å²) in [5, 5.41) is 0. The molecule has 2 atom stereocenters. The second-order valence-corrected chi connectivity index (χ2v) is 7.01. The topological polar surface area (TPSA) is 34.1 Å². The van der Waals surface area contributed by atoms with Crippen molar-refractivity contribution in [3.63, 3.8) is 0 Å². The van der Waals surface area contributed by atoms with Crippen molar-refractivity contribution in [2.75, 3.05) is 0 Å². The molecule has 2 aromatic carbocycles. The van der Waals surface area contributed by atoms with Gasteiger partial charge in [0, 0.05) is 5.92 Å². The summed E-state index contributed by atoms with van der Waals surface area (Å²) in [6.45, 7) is 2.09. The van der Waals surface area contributed by atoms with E-state index >= 15 is 0 Å². The number of hydrogen-bond acceptors (Lipinski definition) is 2. The summed E-state index contributed by atoms with van der Waals surface area (Å²) < 4.78 is -0.579. The van der Waals surface area contributed by atoms with Gasteiger partial charge < -0.3 is 0 Å². The Hall–Kier alpha value is -1.26. The summed E-state index contributed by atoms with van der Waals surface area (Å²) in [5.74, 6) is -0.906. The van der Waals surface area contributed by atoms with Crippen LogP contribution in [-0.2, 0) is 9.59 Å². The molecule has 2 nitrogen and oxygen atoms in total. The van der Waals surface area contributed by atoms with Gasteiger partial charge in [-0.1, -0.05) is 67.6 Å². The molecule has 0 radical (unpaired) electrons. The first-order valence-corrected chi connectivity index (χ1v) is 9.13. The number of hydrogen-bond donors (Lipinski definition) is 0. The Labute approximate surface area is 153 Å². The molecular formula is C19H18Br2O2. The van der Waals surface area contributed by atoms with E-state index in [1.807, 2.05) is 48.5 Å². The van der Waals surface area contributed by atoms with Crippen molar-refractivity contribution >= 4 is 41.2 Å². The van der Waals surface area contributed by atoms with E-state index < -0.39 is 5.92 Å². The lowest BCUT2D eigenvalue weighted by molar-refractivity contribution is -0.123. The highest BCUT2D eigenvalue weighted by atomic mass is 79.9. The van der Waals surface area contributed by atoms with Gasteiger partial charge in [0.15, 0.2) is 0 Å². The lowest BCUT2D eigenvalue weighted by Gasteiger charge is -2.31. The van der Waals surface area contributed by atoms with Gasteiger partial charge in [-0.2, -0.15) is 0 Å². The molecule has 0 aromatic heterocycles. The average molecular weight is 438 g/mol. The molecule has 0 heterocycles. The monoisotopic (exact) mass is 436 g/mol. The van der Waals surface area contributed by atoms with Crippen molar-refractivity contribution in [2.24, 2.45) is 5.92 Å². The zero-order valence-corrected chi connectivity index (χ0v) is 16.0. The van der Waals surface area contributed by atoms with Gasteiger partial charge in [0.25, 0.3) is 0 Å². The van der Waals surface area contributed by atoms with Crippen molar-refractivity contribution in [1.82, 2.24) is 0 Å². The molecule has 0 saturated carbocycles. The number of carbonyl (C=O) groups excluding carboxylic acids is 2. The summed E-state index contributed by atoms with van der Waals surface area (Å²) in [6.07, 6.45) is 0.834. The third-order valence-electron chi connectivity index (χ3n) is 4.13. The summed E-state index contributed by atoms with van der Waals surface area (Å²) in [4.78, 5) is 24.2. The van der Waals surface area contributed by atoms with Gasteiger partial charge in [-0.15, -0.1) is 0 Å². The van der Waals surface area contributed by atoms with Gasteiger partial charge in [0.05, 0.1) is 0 Å². The Morgan fingerprint density at radius 2 is 1.26 bits per heavy atom. The molecule has 120 valence electrons. The first-order valence-electron chi connectivity index (χ1n) is 7.54. The van der Waals surface area contributed by atoms with Crippen molar-refractivity contribution in [1.29, 1.82) is 0 Å². The highest BCUT2D eigenvalue weighted by Crippen LogP contribution is 2.42. The first kappa shape index (κ1) is 18.1. The van der Waals surface area contributed by atoms with Crippen LogP contribution in [0, 0.1) is 5.92 Å². The van der Waals surface area contributed by atoms with Crippen LogP contribution in [-0.4, -0.2) is 9.39 Å². The van der Waals surface area contributed by atoms with Crippen LogP contribution < -0.4 is 0 Å². The second-order valence-electron chi connectivity index (χ2n) is 5.45. The van der Waals surface area contributed by atoms with E-state index in [1.165, 1.54) is 0 Å². The molecule has 2 rings (SSSR count). The Morgan fingerprint density at radius 1 is 0.826 bits per heavy atom. The van der Waals surface area contributed by atoms with Crippen LogP contribution in [0.2, 0.25) is 0 Å². The molecule has 0 amide bonds. The van der Waals surface area contributed by atoms with Crippen LogP contribution in [0.25, 0.3) is 0 Å². The quantitative estimate of drug-likeness (QED) is 0.427. The van der Waals surface area contributed by atoms with Crippen LogP contribution in [0.1, 0.15) is 36.3 Å². The molecule has 0 saturated heterocycles. The van der Waals surface area contributed by atoms with Crippen molar-refractivity contribution in [3.8, 4) is 0 Å². The van der Waals surface area contributed by atoms with Crippen LogP contribution in [0.15, 0.2) is 60.7 Å². The lowest BCUT2D eigenvalue weighted by atomic mass is 9.73. The third kappa shape index (κ3) is 4.39. The van der Waals surface area contributed by atoms with Crippen molar-refractivity contribution in [3.05, 3.63) is 71.8 Å². The number of rotatable bonds is 7. The van der Waals surface area contributed by atoms with Crippen LogP contribution in [0.4, 0.5) is 0 Å². The summed E-state index contributed by atoms with van der Waals surface area (Å²) in [6, 6.07) is 19.8. The fourth-order valence-electron chi connectivity index (χ4n) is 3.10. The largest absolute Gasteiger partial charge is 0.286 e. The minimum absolute atomic E-state index is 0.0756. The molecule has 2 unspecified atom stereocenters. The highest BCUT2D eigenvalue weighted by molar-refractivity contribution is 9.19. The van der Waals surface area contributed by atoms with Gasteiger partial charge in [-0.05, 0) is 55.3 Å². The number of benzene rings is 2. The van der Waals surface area contributed by atoms with E-state index in [1.54, 1.807) is 0 Å². The summed E-state index contributed by atoms with van der Waals surface area (Å²) in [5.41, 5.74) is 2.13. The zero-order valence-electron chi connectivity index (χ0n) is 12.8. The predicted octanol–water partition coefficient (Wildman–Crippen LogP) is 5.42. The maximum absolute atomic E-state index is 12.1. The number of carbonyl (C=O) groups is 2. The molecule has 2 aromatic rings. The normalized spacial score (nSPS) is 13.6. The van der Waals surface area contributed by atoms with Gasteiger partial charge in [0.2, 0.25) is 9.39 Å². The molecule has 23 heavy (non-hydrogen) atoms. The summed E-state index contributed by atoms with van der Waals surface area (Å²) >= 11 is 6.04. The van der Waals surface area contributed by atoms with Crippen molar-refractivity contribution in [2.45, 2.75) is 25.2 Å². The minimum atomic E-state index is -0.762. The molecule has 0 aliphatic carbocycles. The van der Waals surface area contributed by atoms with Crippen LogP contribution in [0.5, 0.6) is 0 Å². The number of halogens is 2. The van der Waals surface area contributed by atoms with Gasteiger partial charge in [-0.25, -0.2) is 0 Å². The smallest absolute Gasteiger partial charge is 0.209 e. The molecule has 0 fully saturated rings. The van der Waals surface area contributed by atoms with Gasteiger partial charge >= 0.3 is 0 Å². The SMILES string of the molecule is CCC(c1ccccc1)C(c1ccccc1)C(C(=O)Br)C(=O)Br. The molecule has 0 bridgehead atoms. The second kappa shape index (κ2) is 8.55. The molecular weight excluding hydrogens is 420 g/mol. The third-order valence-corrected chi connectivity index (χ3v) is 5.12. The maximum Gasteiger partial charge on any atom is 0.209 e. The molecule has 0 aliphatic rings. The first-order chi connectivity index (χ1) is 11.1. The standard InChI is InChI=1S/C19H18Br2O2/c1-2-15(13-9-5-3-6-10-13)16(14-11-7-4-8-12-14)17(18(20)22)19(21)23/h3-12,15-17H,2H2,1H3.